The van der Waals surface area contributed by atoms with Crippen molar-refractivity contribution in [3.63, 3.8) is 0 Å². The first-order valence-corrected chi connectivity index (χ1v) is 9.57. The second-order valence-electron chi connectivity index (χ2n) is 6.96. The van der Waals surface area contributed by atoms with E-state index in [1.165, 1.54) is 31.4 Å². The first kappa shape index (κ1) is 17.5. The van der Waals surface area contributed by atoms with Crippen molar-refractivity contribution in [2.24, 2.45) is 0 Å². The standard InChI is InChI=1S/C17H14FN3.C6H10/c1-2-17-20-14-6-3-10(7-16(14)21-17)13-9-19-15-8-11(18)4-5-12(13)15;1-2-6-4-3-5-6/h3-9,19H,2H2,1H3,(H,20,21);2H,3-5H2,1H3. The highest BCUT2D eigenvalue weighted by molar-refractivity contribution is 5.97. The number of rotatable bonds is 2. The summed E-state index contributed by atoms with van der Waals surface area (Å²) in [6.45, 7) is 4.20. The van der Waals surface area contributed by atoms with Gasteiger partial charge < -0.3 is 9.97 Å². The third kappa shape index (κ3) is 3.52. The Bertz CT molecular complexity index is 1110. The number of halogens is 1. The van der Waals surface area contributed by atoms with E-state index in [2.05, 4.69) is 47.0 Å². The van der Waals surface area contributed by atoms with Gasteiger partial charge in [-0.1, -0.05) is 24.6 Å². The lowest BCUT2D eigenvalue weighted by molar-refractivity contribution is 0.629. The maximum Gasteiger partial charge on any atom is 0.125 e. The summed E-state index contributed by atoms with van der Waals surface area (Å²) < 4.78 is 13.3. The SMILES string of the molecule is CC=C1CCC1.CCc1nc2ccc(-c3c[nH]c4cc(F)ccc34)cc2[nH]1. The maximum absolute atomic E-state index is 13.3. The second-order valence-corrected chi connectivity index (χ2v) is 6.96. The highest BCUT2D eigenvalue weighted by Gasteiger charge is 2.09. The molecule has 1 fully saturated rings. The second kappa shape index (κ2) is 7.39. The van der Waals surface area contributed by atoms with Gasteiger partial charge in [0.25, 0.3) is 0 Å². The minimum atomic E-state index is -0.229. The molecule has 2 N–H and O–H groups in total. The summed E-state index contributed by atoms with van der Waals surface area (Å²) in [5.41, 5.74) is 6.62. The summed E-state index contributed by atoms with van der Waals surface area (Å²) >= 11 is 0. The monoisotopic (exact) mass is 361 g/mol. The summed E-state index contributed by atoms with van der Waals surface area (Å²) in [7, 11) is 0. The number of aryl methyl sites for hydroxylation is 1. The first-order chi connectivity index (χ1) is 13.2. The Hall–Kier alpha value is -2.88. The quantitative estimate of drug-likeness (QED) is 0.392. The van der Waals surface area contributed by atoms with Crippen molar-refractivity contribution >= 4 is 21.9 Å². The molecule has 4 heteroatoms. The molecule has 0 atom stereocenters. The summed E-state index contributed by atoms with van der Waals surface area (Å²) in [6, 6.07) is 11.0. The molecule has 0 aliphatic heterocycles. The van der Waals surface area contributed by atoms with Crippen molar-refractivity contribution in [3.8, 4) is 11.1 Å². The zero-order chi connectivity index (χ0) is 18.8. The van der Waals surface area contributed by atoms with E-state index in [-0.39, 0.29) is 5.82 Å². The van der Waals surface area contributed by atoms with Crippen molar-refractivity contribution in [1.82, 2.24) is 15.0 Å². The van der Waals surface area contributed by atoms with Crippen LogP contribution in [-0.4, -0.2) is 15.0 Å². The van der Waals surface area contributed by atoms with E-state index >= 15 is 0 Å². The van der Waals surface area contributed by atoms with Crippen LogP contribution in [0.5, 0.6) is 0 Å². The van der Waals surface area contributed by atoms with Crippen LogP contribution in [0.3, 0.4) is 0 Å². The number of fused-ring (bicyclic) bond motifs is 2. The Balaban J connectivity index is 0.000000257. The number of imidazole rings is 1. The Kier molecular flexibility index (Phi) is 4.80. The van der Waals surface area contributed by atoms with Crippen LogP contribution in [0.4, 0.5) is 4.39 Å². The zero-order valence-corrected chi connectivity index (χ0v) is 15.8. The van der Waals surface area contributed by atoms with Crippen LogP contribution in [0.1, 0.15) is 38.9 Å². The van der Waals surface area contributed by atoms with Gasteiger partial charge in [-0.05, 0) is 62.1 Å². The van der Waals surface area contributed by atoms with Gasteiger partial charge in [-0.25, -0.2) is 9.37 Å². The van der Waals surface area contributed by atoms with Crippen LogP contribution in [0, 0.1) is 5.82 Å². The van der Waals surface area contributed by atoms with E-state index in [0.29, 0.717) is 0 Å². The van der Waals surface area contributed by atoms with Gasteiger partial charge >= 0.3 is 0 Å². The van der Waals surface area contributed by atoms with E-state index < -0.39 is 0 Å². The van der Waals surface area contributed by atoms with Gasteiger partial charge in [-0.15, -0.1) is 0 Å². The maximum atomic E-state index is 13.3. The molecule has 2 heterocycles. The molecule has 0 spiro atoms. The third-order valence-electron chi connectivity index (χ3n) is 5.22. The molecule has 1 saturated carbocycles. The summed E-state index contributed by atoms with van der Waals surface area (Å²) in [5, 5.41) is 1.02. The predicted molar refractivity (Wildman–Crippen MR) is 110 cm³/mol. The number of nitrogens with one attached hydrogen (secondary N) is 2. The highest BCUT2D eigenvalue weighted by atomic mass is 19.1. The average molecular weight is 361 g/mol. The number of nitrogens with zero attached hydrogens (tertiary/aromatic N) is 1. The minimum Gasteiger partial charge on any atom is -0.360 e. The fraction of sp³-hybridized carbons (Fsp3) is 0.261. The number of hydrogen-bond donors (Lipinski definition) is 2. The van der Waals surface area contributed by atoms with Gasteiger partial charge in [0.2, 0.25) is 0 Å². The van der Waals surface area contributed by atoms with Gasteiger partial charge in [0, 0.05) is 29.1 Å². The summed E-state index contributed by atoms with van der Waals surface area (Å²) in [5.74, 6) is 0.760. The van der Waals surface area contributed by atoms with Crippen molar-refractivity contribution in [2.75, 3.05) is 0 Å². The van der Waals surface area contributed by atoms with Crippen LogP contribution in [0.15, 0.2) is 54.2 Å². The number of hydrogen-bond acceptors (Lipinski definition) is 1. The van der Waals surface area contributed by atoms with E-state index in [9.17, 15) is 4.39 Å². The van der Waals surface area contributed by atoms with Crippen molar-refractivity contribution in [3.05, 3.63) is 65.9 Å². The Labute approximate surface area is 158 Å². The van der Waals surface area contributed by atoms with Crippen molar-refractivity contribution in [2.45, 2.75) is 39.5 Å². The Morgan fingerprint density at radius 3 is 2.63 bits per heavy atom. The third-order valence-corrected chi connectivity index (χ3v) is 5.22. The van der Waals surface area contributed by atoms with Crippen molar-refractivity contribution < 1.29 is 4.39 Å². The number of aromatic nitrogens is 3. The fourth-order valence-corrected chi connectivity index (χ4v) is 3.40. The van der Waals surface area contributed by atoms with Gasteiger partial charge in [0.1, 0.15) is 11.6 Å². The summed E-state index contributed by atoms with van der Waals surface area (Å²) in [6.07, 6.45) is 9.20. The lowest BCUT2D eigenvalue weighted by atomic mass is 9.93. The van der Waals surface area contributed by atoms with Gasteiger partial charge in [0.05, 0.1) is 11.0 Å². The van der Waals surface area contributed by atoms with E-state index in [4.69, 9.17) is 0 Å². The molecule has 0 unspecified atom stereocenters. The molecule has 2 aromatic carbocycles. The van der Waals surface area contributed by atoms with Crippen LogP contribution in [0.25, 0.3) is 33.1 Å². The smallest absolute Gasteiger partial charge is 0.125 e. The van der Waals surface area contributed by atoms with Gasteiger partial charge in [0.15, 0.2) is 0 Å². The first-order valence-electron chi connectivity index (χ1n) is 9.57. The van der Waals surface area contributed by atoms with E-state index in [1.54, 1.807) is 5.57 Å². The topological polar surface area (TPSA) is 44.5 Å². The van der Waals surface area contributed by atoms with Gasteiger partial charge in [-0.2, -0.15) is 0 Å². The number of allylic oxidation sites excluding steroid dienone is 2. The molecule has 2 aromatic heterocycles. The minimum absolute atomic E-state index is 0.229. The molecule has 1 aliphatic carbocycles. The molecule has 138 valence electrons. The van der Waals surface area contributed by atoms with Crippen LogP contribution in [-0.2, 0) is 6.42 Å². The molecular formula is C23H24FN3. The highest BCUT2D eigenvalue weighted by Crippen LogP contribution is 2.30. The van der Waals surface area contributed by atoms with Crippen LogP contribution in [0.2, 0.25) is 0 Å². The predicted octanol–water partition coefficient (Wildman–Crippen LogP) is 6.53. The average Bonchev–Trinajstić information content (AvgIpc) is 3.23. The molecule has 27 heavy (non-hydrogen) atoms. The number of benzene rings is 2. The zero-order valence-electron chi connectivity index (χ0n) is 15.8. The van der Waals surface area contributed by atoms with Crippen LogP contribution >= 0.6 is 0 Å². The van der Waals surface area contributed by atoms with Crippen LogP contribution < -0.4 is 0 Å². The Morgan fingerprint density at radius 1 is 1.11 bits per heavy atom. The number of aromatic amines is 2. The van der Waals surface area contributed by atoms with E-state index in [0.717, 1.165) is 45.3 Å². The van der Waals surface area contributed by atoms with Gasteiger partial charge in [-0.3, -0.25) is 0 Å². The summed E-state index contributed by atoms with van der Waals surface area (Å²) in [4.78, 5) is 11.0. The molecule has 3 nitrogen and oxygen atoms in total. The number of H-pyrrole nitrogens is 2. The normalized spacial score (nSPS) is 13.4. The molecule has 0 radical (unpaired) electrons. The molecule has 0 amide bonds. The molecule has 0 saturated heterocycles. The van der Waals surface area contributed by atoms with E-state index in [1.807, 2.05) is 18.3 Å². The van der Waals surface area contributed by atoms with Crippen molar-refractivity contribution in [1.29, 1.82) is 0 Å². The Morgan fingerprint density at radius 2 is 1.96 bits per heavy atom. The molecule has 5 rings (SSSR count). The lowest BCUT2D eigenvalue weighted by Gasteiger charge is -2.13. The molecule has 4 aromatic rings. The lowest BCUT2D eigenvalue weighted by Crippen LogP contribution is -1.94. The fourth-order valence-electron chi connectivity index (χ4n) is 3.40. The molecule has 1 aliphatic rings. The largest absolute Gasteiger partial charge is 0.360 e. The molecular weight excluding hydrogens is 337 g/mol. The molecule has 0 bridgehead atoms.